The number of guanidine groups is 1. The fourth-order valence-electron chi connectivity index (χ4n) is 6.78. The molecule has 8 heteroatoms. The quantitative estimate of drug-likeness (QED) is 0.348. The lowest BCUT2D eigenvalue weighted by Crippen LogP contribution is -2.60. The molecule has 2 aliphatic carbocycles. The van der Waals surface area contributed by atoms with Gasteiger partial charge in [0.25, 0.3) is 5.91 Å². The summed E-state index contributed by atoms with van der Waals surface area (Å²) >= 11 is 0. The van der Waals surface area contributed by atoms with E-state index in [1.165, 1.54) is 19.6 Å². The standard InChI is InChI=1S/C22H28FN5O2.C10H18/c1-15-14-28(12-11-25-15)22(24)27-18-6-3-17(4-7-18)21(29)26-10-9-16-5-8-19(30-2)13-20(16)23;1-6-7(2)9-8(6)5-10(9,3)4/h3-8,13,15,25H,9-12,14H2,1-2H3,(H2,24,27)(H,26,29);6-9H,5H2,1-4H3/t15-;6?,7?,8?,9-/m01/s1. The lowest BCUT2D eigenvalue weighted by Gasteiger charge is -2.67. The Hall–Kier alpha value is -3.13. The van der Waals surface area contributed by atoms with Crippen LogP contribution >= 0.6 is 0 Å². The molecule has 1 aliphatic heterocycles. The van der Waals surface area contributed by atoms with Gasteiger partial charge in [0.1, 0.15) is 11.6 Å². The number of nitrogens with zero attached hydrogens (tertiary/aromatic N) is 2. The highest BCUT2D eigenvalue weighted by molar-refractivity contribution is 5.94. The second kappa shape index (κ2) is 12.6. The summed E-state index contributed by atoms with van der Waals surface area (Å²) in [5.74, 6) is 4.59. The predicted octanol–water partition coefficient (Wildman–Crippen LogP) is 4.98. The van der Waals surface area contributed by atoms with Crippen molar-refractivity contribution in [1.82, 2.24) is 15.5 Å². The van der Waals surface area contributed by atoms with Crippen LogP contribution in [0.2, 0.25) is 0 Å². The van der Waals surface area contributed by atoms with Crippen LogP contribution in [0.3, 0.4) is 0 Å². The zero-order valence-electron chi connectivity index (χ0n) is 24.8. The molecule has 2 aromatic carbocycles. The van der Waals surface area contributed by atoms with Gasteiger partial charge in [-0.1, -0.05) is 33.8 Å². The molecule has 1 amide bonds. The summed E-state index contributed by atoms with van der Waals surface area (Å²) in [7, 11) is 1.49. The van der Waals surface area contributed by atoms with Crippen LogP contribution in [0.15, 0.2) is 47.5 Å². The minimum atomic E-state index is -0.345. The Morgan fingerprint density at radius 3 is 2.48 bits per heavy atom. The molecule has 218 valence electrons. The number of ether oxygens (including phenoxy) is 1. The monoisotopic (exact) mass is 551 g/mol. The van der Waals surface area contributed by atoms with Crippen molar-refractivity contribution in [2.24, 2.45) is 39.8 Å². The number of carbonyl (C=O) groups is 1. The number of nitrogens with one attached hydrogen (secondary N) is 2. The summed E-state index contributed by atoms with van der Waals surface area (Å²) in [6, 6.07) is 12.0. The van der Waals surface area contributed by atoms with Gasteiger partial charge in [-0.05, 0) is 84.7 Å². The van der Waals surface area contributed by atoms with E-state index in [1.54, 1.807) is 36.4 Å². The number of nitrogens with two attached hydrogens (primary N) is 1. The zero-order chi connectivity index (χ0) is 29.0. The Labute approximate surface area is 238 Å². The van der Waals surface area contributed by atoms with Gasteiger partial charge in [-0.2, -0.15) is 0 Å². The maximum Gasteiger partial charge on any atom is 0.251 e. The fraction of sp³-hybridized carbons (Fsp3) is 0.562. The smallest absolute Gasteiger partial charge is 0.251 e. The molecule has 0 bridgehead atoms. The molecule has 1 saturated heterocycles. The molecule has 4 N–H and O–H groups in total. The predicted molar refractivity (Wildman–Crippen MR) is 159 cm³/mol. The van der Waals surface area contributed by atoms with Crippen molar-refractivity contribution in [2.75, 3.05) is 33.3 Å². The highest BCUT2D eigenvalue weighted by atomic mass is 19.1. The van der Waals surface area contributed by atoms with Gasteiger partial charge in [0, 0.05) is 43.9 Å². The van der Waals surface area contributed by atoms with Crippen LogP contribution in [0.5, 0.6) is 5.75 Å². The molecule has 1 heterocycles. The minimum absolute atomic E-state index is 0.219. The summed E-state index contributed by atoms with van der Waals surface area (Å²) in [5.41, 5.74) is 8.54. The van der Waals surface area contributed by atoms with E-state index in [-0.39, 0.29) is 11.7 Å². The van der Waals surface area contributed by atoms with Crippen LogP contribution < -0.4 is 21.1 Å². The van der Waals surface area contributed by atoms with E-state index < -0.39 is 0 Å². The van der Waals surface area contributed by atoms with Crippen molar-refractivity contribution in [1.29, 1.82) is 0 Å². The number of hydrogen-bond donors (Lipinski definition) is 3. The first-order chi connectivity index (χ1) is 19.0. The van der Waals surface area contributed by atoms with E-state index in [0.29, 0.717) is 52.9 Å². The van der Waals surface area contributed by atoms with Crippen molar-refractivity contribution >= 4 is 17.6 Å². The van der Waals surface area contributed by atoms with Crippen LogP contribution in [0.25, 0.3) is 0 Å². The molecule has 3 unspecified atom stereocenters. The molecule has 3 fully saturated rings. The Morgan fingerprint density at radius 1 is 1.18 bits per heavy atom. The average molecular weight is 552 g/mol. The average Bonchev–Trinajstić information content (AvgIpc) is 2.93. The largest absolute Gasteiger partial charge is 0.497 e. The van der Waals surface area contributed by atoms with Crippen LogP contribution in [0.4, 0.5) is 10.1 Å². The number of hydrogen-bond acceptors (Lipinski definition) is 4. The Bertz CT molecular complexity index is 1190. The summed E-state index contributed by atoms with van der Waals surface area (Å²) in [6.07, 6.45) is 1.88. The summed E-state index contributed by atoms with van der Waals surface area (Å²) in [5, 5.41) is 6.17. The molecule has 2 aromatic rings. The maximum atomic E-state index is 14.0. The molecule has 0 radical (unpaired) electrons. The number of carbonyl (C=O) groups excluding carboxylic acids is 1. The molecular weight excluding hydrogens is 505 g/mol. The number of benzene rings is 2. The van der Waals surface area contributed by atoms with Crippen molar-refractivity contribution in [3.8, 4) is 5.75 Å². The van der Waals surface area contributed by atoms with Crippen LogP contribution in [0.1, 0.15) is 57.0 Å². The third kappa shape index (κ3) is 6.77. The van der Waals surface area contributed by atoms with Crippen molar-refractivity contribution in [3.63, 3.8) is 0 Å². The lowest BCUT2D eigenvalue weighted by atomic mass is 9.38. The maximum absolute atomic E-state index is 14.0. The Morgan fingerprint density at radius 2 is 1.90 bits per heavy atom. The first-order valence-corrected chi connectivity index (χ1v) is 14.5. The Balaban J connectivity index is 0.000000307. The molecule has 3 aliphatic rings. The summed E-state index contributed by atoms with van der Waals surface area (Å²) < 4.78 is 19.0. The molecular formula is C32H46FN5O2. The first-order valence-electron chi connectivity index (χ1n) is 14.5. The van der Waals surface area contributed by atoms with Gasteiger partial charge in [0.05, 0.1) is 12.8 Å². The zero-order valence-corrected chi connectivity index (χ0v) is 24.8. The van der Waals surface area contributed by atoms with Crippen LogP contribution in [-0.2, 0) is 6.42 Å². The number of rotatable bonds is 6. The number of halogens is 1. The molecule has 2 saturated carbocycles. The molecule has 0 spiro atoms. The number of fused-ring (bicyclic) bond motifs is 1. The van der Waals surface area contributed by atoms with Gasteiger partial charge in [-0.3, -0.25) is 4.79 Å². The fourth-order valence-corrected chi connectivity index (χ4v) is 6.78. The van der Waals surface area contributed by atoms with E-state index in [9.17, 15) is 9.18 Å². The van der Waals surface area contributed by atoms with Crippen LogP contribution in [0, 0.1) is 34.9 Å². The number of methoxy groups -OCH3 is 1. The van der Waals surface area contributed by atoms with Gasteiger partial charge in [-0.15, -0.1) is 0 Å². The highest BCUT2D eigenvalue weighted by Gasteiger charge is 2.60. The second-order valence-corrected chi connectivity index (χ2v) is 12.4. The Kier molecular flexibility index (Phi) is 9.39. The van der Waals surface area contributed by atoms with E-state index in [1.807, 2.05) is 4.90 Å². The lowest BCUT2D eigenvalue weighted by molar-refractivity contribution is -0.184. The van der Waals surface area contributed by atoms with Gasteiger partial charge in [-0.25, -0.2) is 9.38 Å². The number of aliphatic imine (C=N–C) groups is 1. The van der Waals surface area contributed by atoms with Gasteiger partial charge in [0.2, 0.25) is 0 Å². The molecule has 0 aromatic heterocycles. The summed E-state index contributed by atoms with van der Waals surface area (Å²) in [4.78, 5) is 18.8. The molecule has 7 nitrogen and oxygen atoms in total. The number of piperazine rings is 1. The summed E-state index contributed by atoms with van der Waals surface area (Å²) in [6.45, 7) is 14.6. The number of amides is 1. The third-order valence-electron chi connectivity index (χ3n) is 9.20. The molecule has 5 atom stereocenters. The third-order valence-corrected chi connectivity index (χ3v) is 9.20. The van der Waals surface area contributed by atoms with Crippen LogP contribution in [-0.4, -0.2) is 56.1 Å². The highest BCUT2D eigenvalue weighted by Crippen LogP contribution is 2.66. The van der Waals surface area contributed by atoms with Gasteiger partial charge >= 0.3 is 0 Å². The van der Waals surface area contributed by atoms with E-state index in [0.717, 1.165) is 43.3 Å². The van der Waals surface area contributed by atoms with E-state index in [2.05, 4.69) is 50.2 Å². The van der Waals surface area contributed by atoms with E-state index in [4.69, 9.17) is 10.5 Å². The van der Waals surface area contributed by atoms with Gasteiger partial charge < -0.3 is 26.0 Å². The van der Waals surface area contributed by atoms with Gasteiger partial charge in [0.15, 0.2) is 5.96 Å². The second-order valence-electron chi connectivity index (χ2n) is 12.4. The minimum Gasteiger partial charge on any atom is -0.497 e. The van der Waals surface area contributed by atoms with Crippen molar-refractivity contribution in [2.45, 2.75) is 53.5 Å². The topological polar surface area (TPSA) is 92.0 Å². The molecule has 40 heavy (non-hydrogen) atoms. The van der Waals surface area contributed by atoms with Crippen molar-refractivity contribution < 1.29 is 13.9 Å². The first kappa shape index (κ1) is 29.8. The normalized spacial score (nSPS) is 26.8. The van der Waals surface area contributed by atoms with Crippen molar-refractivity contribution in [3.05, 3.63) is 59.4 Å². The molecule has 5 rings (SSSR count). The van der Waals surface area contributed by atoms with E-state index >= 15 is 0 Å². The SMILES string of the molecule is CC1C(C)[C@@H]2C1CC2(C)C.COc1ccc(CCNC(=O)c2ccc(N=C(N)N3CCN[C@@H](C)C3)cc2)c(F)c1.